The molecule has 0 aliphatic heterocycles. The van der Waals surface area contributed by atoms with Gasteiger partial charge in [-0.1, -0.05) is 48.0 Å². The summed E-state index contributed by atoms with van der Waals surface area (Å²) in [4.78, 5) is 23.6. The molecular weight excluding hydrogens is 252 g/mol. The van der Waals surface area contributed by atoms with Gasteiger partial charge in [-0.25, -0.2) is 0 Å². The molecule has 0 spiro atoms. The molecule has 0 N–H and O–H groups in total. The maximum absolute atomic E-state index is 11.9. The van der Waals surface area contributed by atoms with Crippen LogP contribution in [0.3, 0.4) is 0 Å². The van der Waals surface area contributed by atoms with E-state index in [2.05, 4.69) is 0 Å². The summed E-state index contributed by atoms with van der Waals surface area (Å²) in [5.41, 5.74) is 1.64. The van der Waals surface area contributed by atoms with Crippen molar-refractivity contribution in [2.75, 3.05) is 6.61 Å². The second kappa shape index (κ2) is 6.66. The number of aryl methyl sites for hydroxylation is 1. The van der Waals surface area contributed by atoms with E-state index in [0.717, 1.165) is 5.56 Å². The van der Waals surface area contributed by atoms with Crippen molar-refractivity contribution in [3.63, 3.8) is 0 Å². The summed E-state index contributed by atoms with van der Waals surface area (Å²) < 4.78 is 5.32. The molecule has 0 bridgehead atoms. The first-order chi connectivity index (χ1) is 9.65. The number of carbonyl (C=O) groups excluding carboxylic acids is 2. The van der Waals surface area contributed by atoms with E-state index >= 15 is 0 Å². The molecule has 20 heavy (non-hydrogen) atoms. The van der Waals surface area contributed by atoms with Gasteiger partial charge in [0.25, 0.3) is 0 Å². The monoisotopic (exact) mass is 268 g/mol. The highest BCUT2D eigenvalue weighted by Crippen LogP contribution is 2.10. The van der Waals surface area contributed by atoms with Gasteiger partial charge < -0.3 is 4.74 Å². The molecule has 0 aliphatic rings. The molecule has 0 radical (unpaired) electrons. The fraction of sp³-hybridized carbons (Fsp3) is 0.176. The Hall–Kier alpha value is -2.42. The lowest BCUT2D eigenvalue weighted by molar-refractivity contribution is -0.120. The summed E-state index contributed by atoms with van der Waals surface area (Å²) in [6.07, 6.45) is -0.129. The van der Waals surface area contributed by atoms with Crippen LogP contribution in [-0.4, -0.2) is 18.2 Å². The van der Waals surface area contributed by atoms with Crippen molar-refractivity contribution in [1.29, 1.82) is 0 Å². The lowest BCUT2D eigenvalue weighted by Crippen LogP contribution is -2.15. The van der Waals surface area contributed by atoms with Crippen LogP contribution in [0.4, 0.5) is 0 Å². The lowest BCUT2D eigenvalue weighted by Gasteiger charge is -2.05. The van der Waals surface area contributed by atoms with Crippen LogP contribution >= 0.6 is 0 Å². The number of hydrogen-bond donors (Lipinski definition) is 0. The minimum atomic E-state index is -0.223. The van der Waals surface area contributed by atoms with E-state index in [-0.39, 0.29) is 24.6 Å². The van der Waals surface area contributed by atoms with Crippen molar-refractivity contribution in [2.24, 2.45) is 0 Å². The molecule has 2 aromatic rings. The number of rotatable bonds is 6. The van der Waals surface area contributed by atoms with E-state index in [9.17, 15) is 9.59 Å². The summed E-state index contributed by atoms with van der Waals surface area (Å²) in [5.74, 6) is 0.231. The second-order valence-electron chi connectivity index (χ2n) is 4.61. The minimum Gasteiger partial charge on any atom is -0.486 e. The summed E-state index contributed by atoms with van der Waals surface area (Å²) in [6, 6.07) is 16.3. The first-order valence-corrected chi connectivity index (χ1v) is 6.44. The molecule has 0 saturated heterocycles. The summed E-state index contributed by atoms with van der Waals surface area (Å²) in [5, 5.41) is 0. The smallest absolute Gasteiger partial charge is 0.177 e. The van der Waals surface area contributed by atoms with E-state index in [1.807, 2.05) is 37.3 Å². The molecule has 0 unspecified atom stereocenters. The van der Waals surface area contributed by atoms with Gasteiger partial charge in [0, 0.05) is 5.56 Å². The molecular formula is C17H16O3. The maximum Gasteiger partial charge on any atom is 0.177 e. The molecule has 102 valence electrons. The fourth-order valence-electron chi connectivity index (χ4n) is 1.75. The van der Waals surface area contributed by atoms with Crippen LogP contribution in [-0.2, 0) is 4.79 Å². The molecule has 0 atom stereocenters. The topological polar surface area (TPSA) is 43.4 Å². The third-order valence-electron chi connectivity index (χ3n) is 2.87. The number of para-hydroxylation sites is 1. The lowest BCUT2D eigenvalue weighted by atomic mass is 10.0. The second-order valence-corrected chi connectivity index (χ2v) is 4.61. The zero-order chi connectivity index (χ0) is 14.4. The Labute approximate surface area is 118 Å². The van der Waals surface area contributed by atoms with Crippen molar-refractivity contribution in [2.45, 2.75) is 13.3 Å². The van der Waals surface area contributed by atoms with E-state index in [4.69, 9.17) is 4.74 Å². The van der Waals surface area contributed by atoms with Crippen molar-refractivity contribution in [1.82, 2.24) is 0 Å². The Morgan fingerprint density at radius 1 is 0.950 bits per heavy atom. The molecule has 3 heteroatoms. The van der Waals surface area contributed by atoms with Crippen molar-refractivity contribution >= 4 is 11.6 Å². The minimum absolute atomic E-state index is 0.0817. The third-order valence-corrected chi connectivity index (χ3v) is 2.87. The molecule has 0 amide bonds. The quantitative estimate of drug-likeness (QED) is 0.597. The van der Waals surface area contributed by atoms with Gasteiger partial charge in [-0.05, 0) is 19.1 Å². The van der Waals surface area contributed by atoms with Gasteiger partial charge in [0.1, 0.15) is 12.4 Å². The van der Waals surface area contributed by atoms with E-state index in [0.29, 0.717) is 11.3 Å². The van der Waals surface area contributed by atoms with Gasteiger partial charge in [-0.2, -0.15) is 0 Å². The van der Waals surface area contributed by atoms with Gasteiger partial charge in [-0.3, -0.25) is 9.59 Å². The Balaban J connectivity index is 1.85. The van der Waals surface area contributed by atoms with Crippen molar-refractivity contribution in [3.05, 3.63) is 65.7 Å². The van der Waals surface area contributed by atoms with Crippen LogP contribution in [0.2, 0.25) is 0 Å². The average molecular weight is 268 g/mol. The van der Waals surface area contributed by atoms with Crippen LogP contribution in [0.15, 0.2) is 54.6 Å². The van der Waals surface area contributed by atoms with Crippen molar-refractivity contribution in [3.8, 4) is 5.75 Å². The Bertz CT molecular complexity index is 585. The number of ether oxygens (including phenoxy) is 1. The van der Waals surface area contributed by atoms with Gasteiger partial charge in [-0.15, -0.1) is 0 Å². The predicted octanol–water partition coefficient (Wildman–Crippen LogP) is 3.22. The first-order valence-electron chi connectivity index (χ1n) is 6.44. The highest BCUT2D eigenvalue weighted by molar-refractivity contribution is 6.08. The van der Waals surface area contributed by atoms with Crippen LogP contribution in [0.5, 0.6) is 5.75 Å². The largest absolute Gasteiger partial charge is 0.486 e. The molecule has 2 rings (SSSR count). The SMILES string of the molecule is Cc1ccc(C(=O)CC(=O)COc2ccccc2)cc1. The number of carbonyl (C=O) groups is 2. The third kappa shape index (κ3) is 4.05. The van der Waals surface area contributed by atoms with E-state index < -0.39 is 0 Å². The Morgan fingerprint density at radius 2 is 1.60 bits per heavy atom. The molecule has 0 aromatic heterocycles. The van der Waals surface area contributed by atoms with Crippen LogP contribution in [0, 0.1) is 6.92 Å². The standard InChI is InChI=1S/C17H16O3/c1-13-7-9-14(10-8-13)17(19)11-15(18)12-20-16-5-3-2-4-6-16/h2-10H,11-12H2,1H3. The van der Waals surface area contributed by atoms with E-state index in [1.165, 1.54) is 0 Å². The molecule has 0 saturated carbocycles. The highest BCUT2D eigenvalue weighted by atomic mass is 16.5. The predicted molar refractivity (Wildman–Crippen MR) is 77.1 cm³/mol. The van der Waals surface area contributed by atoms with Crippen LogP contribution in [0.1, 0.15) is 22.3 Å². The van der Waals surface area contributed by atoms with E-state index in [1.54, 1.807) is 24.3 Å². The zero-order valence-corrected chi connectivity index (χ0v) is 11.3. The van der Waals surface area contributed by atoms with Crippen LogP contribution < -0.4 is 4.74 Å². The summed E-state index contributed by atoms with van der Waals surface area (Å²) >= 11 is 0. The fourth-order valence-corrected chi connectivity index (χ4v) is 1.75. The average Bonchev–Trinajstić information content (AvgIpc) is 2.47. The molecule has 0 fully saturated rings. The number of hydrogen-bond acceptors (Lipinski definition) is 3. The normalized spacial score (nSPS) is 10.1. The molecule has 0 heterocycles. The highest BCUT2D eigenvalue weighted by Gasteiger charge is 2.12. The molecule has 3 nitrogen and oxygen atoms in total. The Morgan fingerprint density at radius 3 is 2.25 bits per heavy atom. The van der Waals surface area contributed by atoms with Gasteiger partial charge in [0.15, 0.2) is 11.6 Å². The Kier molecular flexibility index (Phi) is 4.66. The summed E-state index contributed by atoms with van der Waals surface area (Å²) in [6.45, 7) is 1.87. The number of benzene rings is 2. The molecule has 0 aliphatic carbocycles. The number of Topliss-reactive ketones (excluding diaryl/α,β-unsaturated/α-hetero) is 2. The van der Waals surface area contributed by atoms with Crippen LogP contribution in [0.25, 0.3) is 0 Å². The van der Waals surface area contributed by atoms with Gasteiger partial charge >= 0.3 is 0 Å². The summed E-state index contributed by atoms with van der Waals surface area (Å²) in [7, 11) is 0. The zero-order valence-electron chi connectivity index (χ0n) is 11.3. The number of ketones is 2. The van der Waals surface area contributed by atoms with Gasteiger partial charge in [0.2, 0.25) is 0 Å². The molecule has 2 aromatic carbocycles. The maximum atomic E-state index is 11.9. The van der Waals surface area contributed by atoms with Crippen molar-refractivity contribution < 1.29 is 14.3 Å². The van der Waals surface area contributed by atoms with Gasteiger partial charge in [0.05, 0.1) is 6.42 Å². The first kappa shape index (κ1) is 14.0.